The molecule has 88 valence electrons. The minimum Gasteiger partial charge on any atom is -0.383 e. The van der Waals surface area contributed by atoms with Gasteiger partial charge >= 0.3 is 0 Å². The second-order valence-corrected chi connectivity index (χ2v) is 4.60. The van der Waals surface area contributed by atoms with Crippen LogP contribution in [0, 0.1) is 5.82 Å². The van der Waals surface area contributed by atoms with E-state index >= 15 is 0 Å². The van der Waals surface area contributed by atoms with Gasteiger partial charge in [0.1, 0.15) is 5.82 Å². The van der Waals surface area contributed by atoms with Crippen molar-refractivity contribution in [1.29, 1.82) is 0 Å². The summed E-state index contributed by atoms with van der Waals surface area (Å²) in [6.07, 6.45) is 6.35. The molecule has 16 heavy (non-hydrogen) atoms. The predicted octanol–water partition coefficient (Wildman–Crippen LogP) is 4.75. The Morgan fingerprint density at radius 2 is 2.12 bits per heavy atom. The Kier molecular flexibility index (Phi) is 6.16. The second-order valence-electron chi connectivity index (χ2n) is 3.69. The summed E-state index contributed by atoms with van der Waals surface area (Å²) >= 11 is 3.32. The highest BCUT2D eigenvalue weighted by Crippen LogP contribution is 2.19. The van der Waals surface area contributed by atoms with Crippen molar-refractivity contribution in [3.05, 3.63) is 41.1 Å². The molecule has 3 heteroatoms. The van der Waals surface area contributed by atoms with Crippen molar-refractivity contribution in [3.8, 4) is 0 Å². The van der Waals surface area contributed by atoms with Gasteiger partial charge in [-0.15, -0.1) is 6.58 Å². The van der Waals surface area contributed by atoms with E-state index < -0.39 is 0 Å². The number of halogens is 2. The number of hydrogen-bond acceptors (Lipinski definition) is 1. The standard InChI is InChI=1S/C13H17BrFN/c1-2-3-4-5-6-9-16-13-10-11(14)7-8-12(13)15/h2,7-8,10,16H,1,3-6,9H2. The first-order valence-corrected chi connectivity index (χ1v) is 6.33. The van der Waals surface area contributed by atoms with Gasteiger partial charge < -0.3 is 5.32 Å². The molecule has 0 saturated carbocycles. The van der Waals surface area contributed by atoms with Gasteiger partial charge in [0, 0.05) is 11.0 Å². The number of nitrogens with one attached hydrogen (secondary N) is 1. The largest absolute Gasteiger partial charge is 0.383 e. The number of rotatable bonds is 7. The smallest absolute Gasteiger partial charge is 0.146 e. The van der Waals surface area contributed by atoms with E-state index in [1.807, 2.05) is 6.08 Å². The highest BCUT2D eigenvalue weighted by Gasteiger charge is 2.01. The van der Waals surface area contributed by atoms with E-state index in [9.17, 15) is 4.39 Å². The summed E-state index contributed by atoms with van der Waals surface area (Å²) in [4.78, 5) is 0. The van der Waals surface area contributed by atoms with Gasteiger partial charge in [0.25, 0.3) is 0 Å². The zero-order chi connectivity index (χ0) is 11.8. The van der Waals surface area contributed by atoms with Gasteiger partial charge in [-0.2, -0.15) is 0 Å². The first kappa shape index (κ1) is 13.2. The molecule has 0 radical (unpaired) electrons. The maximum Gasteiger partial charge on any atom is 0.146 e. The molecule has 0 saturated heterocycles. The van der Waals surface area contributed by atoms with Gasteiger partial charge in [0.15, 0.2) is 0 Å². The quantitative estimate of drug-likeness (QED) is 0.563. The average molecular weight is 286 g/mol. The van der Waals surface area contributed by atoms with Gasteiger partial charge in [-0.25, -0.2) is 4.39 Å². The normalized spacial score (nSPS) is 10.1. The predicted molar refractivity (Wildman–Crippen MR) is 71.3 cm³/mol. The van der Waals surface area contributed by atoms with Crippen LogP contribution in [0.3, 0.4) is 0 Å². The van der Waals surface area contributed by atoms with Gasteiger partial charge in [-0.05, 0) is 37.5 Å². The molecule has 0 aliphatic rings. The summed E-state index contributed by atoms with van der Waals surface area (Å²) in [7, 11) is 0. The fourth-order valence-corrected chi connectivity index (χ4v) is 1.81. The number of hydrogen-bond donors (Lipinski definition) is 1. The Labute approximate surface area is 105 Å². The van der Waals surface area contributed by atoms with Crippen LogP contribution in [0.15, 0.2) is 35.3 Å². The summed E-state index contributed by atoms with van der Waals surface area (Å²) in [6.45, 7) is 4.49. The van der Waals surface area contributed by atoms with Crippen molar-refractivity contribution in [2.45, 2.75) is 25.7 Å². The minimum absolute atomic E-state index is 0.200. The molecule has 1 nitrogen and oxygen atoms in total. The van der Waals surface area contributed by atoms with Crippen LogP contribution in [0.4, 0.5) is 10.1 Å². The van der Waals surface area contributed by atoms with Crippen LogP contribution in [0.25, 0.3) is 0 Å². The van der Waals surface area contributed by atoms with Gasteiger partial charge in [0.2, 0.25) is 0 Å². The topological polar surface area (TPSA) is 12.0 Å². The van der Waals surface area contributed by atoms with Crippen molar-refractivity contribution in [2.75, 3.05) is 11.9 Å². The molecule has 0 spiro atoms. The molecule has 1 aromatic rings. The third kappa shape index (κ3) is 4.79. The lowest BCUT2D eigenvalue weighted by molar-refractivity contribution is 0.628. The Bertz CT molecular complexity index is 339. The fourth-order valence-electron chi connectivity index (χ4n) is 1.45. The molecule has 0 aliphatic carbocycles. The lowest BCUT2D eigenvalue weighted by atomic mass is 10.2. The lowest BCUT2D eigenvalue weighted by Crippen LogP contribution is -2.03. The second kappa shape index (κ2) is 7.44. The monoisotopic (exact) mass is 285 g/mol. The van der Waals surface area contributed by atoms with Crippen LogP contribution in [0.5, 0.6) is 0 Å². The molecule has 0 fully saturated rings. The van der Waals surface area contributed by atoms with Gasteiger partial charge in [-0.3, -0.25) is 0 Å². The number of allylic oxidation sites excluding steroid dienone is 1. The highest BCUT2D eigenvalue weighted by molar-refractivity contribution is 9.10. The zero-order valence-corrected chi connectivity index (χ0v) is 10.9. The Morgan fingerprint density at radius 1 is 1.31 bits per heavy atom. The zero-order valence-electron chi connectivity index (χ0n) is 9.31. The Hall–Kier alpha value is -0.830. The minimum atomic E-state index is -0.200. The number of anilines is 1. The maximum atomic E-state index is 13.3. The molecule has 0 bridgehead atoms. The third-order valence-electron chi connectivity index (χ3n) is 2.33. The van der Waals surface area contributed by atoms with E-state index in [-0.39, 0.29) is 5.82 Å². The number of benzene rings is 1. The fraction of sp³-hybridized carbons (Fsp3) is 0.385. The molecule has 0 aromatic heterocycles. The van der Waals surface area contributed by atoms with Gasteiger partial charge in [-0.1, -0.05) is 28.4 Å². The van der Waals surface area contributed by atoms with E-state index in [2.05, 4.69) is 27.8 Å². The molecule has 0 aliphatic heterocycles. The summed E-state index contributed by atoms with van der Waals surface area (Å²) in [5.74, 6) is -0.200. The van der Waals surface area contributed by atoms with Crippen molar-refractivity contribution < 1.29 is 4.39 Å². The molecule has 1 rings (SSSR count). The summed E-state index contributed by atoms with van der Waals surface area (Å²) in [6, 6.07) is 4.92. The van der Waals surface area contributed by atoms with Crippen LogP contribution < -0.4 is 5.32 Å². The first-order chi connectivity index (χ1) is 7.74. The first-order valence-electron chi connectivity index (χ1n) is 5.54. The summed E-state index contributed by atoms with van der Waals surface area (Å²) < 4.78 is 14.2. The van der Waals surface area contributed by atoms with E-state index in [1.165, 1.54) is 6.07 Å². The highest BCUT2D eigenvalue weighted by atomic mass is 79.9. The van der Waals surface area contributed by atoms with Crippen LogP contribution >= 0.6 is 15.9 Å². The SMILES string of the molecule is C=CCCCCCNc1cc(Br)ccc1F. The van der Waals surface area contributed by atoms with E-state index in [0.717, 1.165) is 36.7 Å². The van der Waals surface area contributed by atoms with E-state index in [4.69, 9.17) is 0 Å². The summed E-state index contributed by atoms with van der Waals surface area (Å²) in [5.41, 5.74) is 0.568. The van der Waals surface area contributed by atoms with Crippen molar-refractivity contribution in [2.24, 2.45) is 0 Å². The summed E-state index contributed by atoms with van der Waals surface area (Å²) in [5, 5.41) is 3.10. The van der Waals surface area contributed by atoms with Crippen molar-refractivity contribution >= 4 is 21.6 Å². The van der Waals surface area contributed by atoms with Crippen LogP contribution in [-0.2, 0) is 0 Å². The molecular formula is C13H17BrFN. The van der Waals surface area contributed by atoms with Crippen LogP contribution in [-0.4, -0.2) is 6.54 Å². The van der Waals surface area contributed by atoms with E-state index in [0.29, 0.717) is 5.69 Å². The molecule has 0 atom stereocenters. The Balaban J connectivity index is 2.26. The number of unbranched alkanes of at least 4 members (excludes halogenated alkanes) is 3. The molecule has 0 unspecified atom stereocenters. The van der Waals surface area contributed by atoms with Crippen molar-refractivity contribution in [3.63, 3.8) is 0 Å². The molecule has 1 N–H and O–H groups in total. The van der Waals surface area contributed by atoms with E-state index in [1.54, 1.807) is 12.1 Å². The third-order valence-corrected chi connectivity index (χ3v) is 2.82. The van der Waals surface area contributed by atoms with Crippen molar-refractivity contribution in [1.82, 2.24) is 0 Å². The molecular weight excluding hydrogens is 269 g/mol. The lowest BCUT2D eigenvalue weighted by Gasteiger charge is -2.07. The maximum absolute atomic E-state index is 13.3. The molecule has 1 aromatic carbocycles. The van der Waals surface area contributed by atoms with Gasteiger partial charge in [0.05, 0.1) is 5.69 Å². The molecule has 0 heterocycles. The van der Waals surface area contributed by atoms with Crippen LogP contribution in [0.1, 0.15) is 25.7 Å². The Morgan fingerprint density at radius 3 is 2.88 bits per heavy atom. The van der Waals surface area contributed by atoms with Crippen LogP contribution in [0.2, 0.25) is 0 Å². The average Bonchev–Trinajstić information content (AvgIpc) is 2.28. The molecule has 0 amide bonds.